The Bertz CT molecular complexity index is 592. The maximum absolute atomic E-state index is 13.5. The van der Waals surface area contributed by atoms with E-state index in [0.717, 1.165) is 10.0 Å². The second-order valence-electron chi connectivity index (χ2n) is 3.95. The SMILES string of the molecule is COc1ccc(NCc2ccc(Br)c(Cl)c2)cc1F. The van der Waals surface area contributed by atoms with E-state index in [0.29, 0.717) is 17.3 Å². The van der Waals surface area contributed by atoms with Gasteiger partial charge in [0.1, 0.15) is 0 Å². The van der Waals surface area contributed by atoms with Crippen LogP contribution in [0.4, 0.5) is 10.1 Å². The third-order valence-electron chi connectivity index (χ3n) is 2.63. The van der Waals surface area contributed by atoms with E-state index in [9.17, 15) is 4.39 Å². The molecule has 19 heavy (non-hydrogen) atoms. The average molecular weight is 345 g/mol. The van der Waals surface area contributed by atoms with Crippen molar-refractivity contribution in [2.75, 3.05) is 12.4 Å². The molecule has 0 saturated carbocycles. The molecule has 100 valence electrons. The van der Waals surface area contributed by atoms with E-state index < -0.39 is 0 Å². The Morgan fingerprint density at radius 3 is 2.68 bits per heavy atom. The zero-order valence-electron chi connectivity index (χ0n) is 10.2. The van der Waals surface area contributed by atoms with Gasteiger partial charge in [-0.25, -0.2) is 4.39 Å². The first-order valence-corrected chi connectivity index (χ1v) is 6.78. The number of halogens is 3. The number of methoxy groups -OCH3 is 1. The summed E-state index contributed by atoms with van der Waals surface area (Å²) < 4.78 is 19.2. The molecule has 0 atom stereocenters. The smallest absolute Gasteiger partial charge is 0.167 e. The van der Waals surface area contributed by atoms with Gasteiger partial charge in [0, 0.05) is 22.8 Å². The van der Waals surface area contributed by atoms with Crippen molar-refractivity contribution in [2.24, 2.45) is 0 Å². The first kappa shape index (κ1) is 14.2. The minimum Gasteiger partial charge on any atom is -0.494 e. The average Bonchev–Trinajstić information content (AvgIpc) is 2.40. The van der Waals surface area contributed by atoms with Crippen molar-refractivity contribution in [3.63, 3.8) is 0 Å². The van der Waals surface area contributed by atoms with Gasteiger partial charge in [-0.05, 0) is 45.8 Å². The molecule has 0 heterocycles. The number of rotatable bonds is 4. The third-order valence-corrected chi connectivity index (χ3v) is 3.86. The standard InChI is InChI=1S/C14H12BrClFNO/c1-19-14-5-3-10(7-13(14)17)18-8-9-2-4-11(15)12(16)6-9/h2-7,18H,8H2,1H3. The Labute approximate surface area is 124 Å². The van der Waals surface area contributed by atoms with Crippen molar-refractivity contribution in [3.05, 3.63) is 57.3 Å². The number of benzene rings is 2. The highest BCUT2D eigenvalue weighted by Gasteiger charge is 2.04. The second kappa shape index (κ2) is 6.26. The Morgan fingerprint density at radius 1 is 1.26 bits per heavy atom. The highest BCUT2D eigenvalue weighted by atomic mass is 79.9. The topological polar surface area (TPSA) is 21.3 Å². The van der Waals surface area contributed by atoms with E-state index in [4.69, 9.17) is 16.3 Å². The molecule has 2 nitrogen and oxygen atoms in total. The lowest BCUT2D eigenvalue weighted by Gasteiger charge is -2.09. The largest absolute Gasteiger partial charge is 0.494 e. The minimum atomic E-state index is -0.388. The van der Waals surface area contributed by atoms with Crippen LogP contribution in [0.3, 0.4) is 0 Å². The number of hydrogen-bond acceptors (Lipinski definition) is 2. The molecule has 0 bridgehead atoms. The Hall–Kier alpha value is -1.26. The quantitative estimate of drug-likeness (QED) is 0.855. The molecule has 2 aromatic rings. The van der Waals surface area contributed by atoms with Crippen LogP contribution in [0.5, 0.6) is 5.75 Å². The molecule has 0 amide bonds. The maximum atomic E-state index is 13.5. The van der Waals surface area contributed by atoms with Crippen LogP contribution in [-0.2, 0) is 6.54 Å². The summed E-state index contributed by atoms with van der Waals surface area (Å²) >= 11 is 9.34. The first-order chi connectivity index (χ1) is 9.10. The van der Waals surface area contributed by atoms with E-state index in [2.05, 4.69) is 21.2 Å². The lowest BCUT2D eigenvalue weighted by molar-refractivity contribution is 0.386. The van der Waals surface area contributed by atoms with Crippen molar-refractivity contribution in [1.29, 1.82) is 0 Å². The summed E-state index contributed by atoms with van der Waals surface area (Å²) in [5, 5.41) is 3.78. The summed E-state index contributed by atoms with van der Waals surface area (Å²) in [4.78, 5) is 0. The molecule has 0 saturated heterocycles. The van der Waals surface area contributed by atoms with Gasteiger partial charge in [0.25, 0.3) is 0 Å². The van der Waals surface area contributed by atoms with Crippen LogP contribution in [0.2, 0.25) is 5.02 Å². The normalized spacial score (nSPS) is 10.3. The van der Waals surface area contributed by atoms with Gasteiger partial charge >= 0.3 is 0 Å². The molecule has 0 aliphatic rings. The molecule has 1 N–H and O–H groups in total. The van der Waals surface area contributed by atoms with E-state index >= 15 is 0 Å². The van der Waals surface area contributed by atoms with Gasteiger partial charge in [0.05, 0.1) is 12.1 Å². The van der Waals surface area contributed by atoms with E-state index in [1.165, 1.54) is 13.2 Å². The number of hydrogen-bond donors (Lipinski definition) is 1. The van der Waals surface area contributed by atoms with Crippen LogP contribution in [0, 0.1) is 5.82 Å². The molecular formula is C14H12BrClFNO. The number of nitrogens with one attached hydrogen (secondary N) is 1. The van der Waals surface area contributed by atoms with Gasteiger partial charge in [0.15, 0.2) is 11.6 Å². The lowest BCUT2D eigenvalue weighted by atomic mass is 10.2. The van der Waals surface area contributed by atoms with Crippen molar-refractivity contribution in [2.45, 2.75) is 6.54 Å². The number of anilines is 1. The van der Waals surface area contributed by atoms with Crippen molar-refractivity contribution in [3.8, 4) is 5.75 Å². The van der Waals surface area contributed by atoms with Crippen molar-refractivity contribution >= 4 is 33.2 Å². The Morgan fingerprint density at radius 2 is 2.05 bits per heavy atom. The highest BCUT2D eigenvalue weighted by Crippen LogP contribution is 2.24. The van der Waals surface area contributed by atoms with Gasteiger partial charge in [-0.15, -0.1) is 0 Å². The molecule has 0 unspecified atom stereocenters. The summed E-state index contributed by atoms with van der Waals surface area (Å²) in [6.07, 6.45) is 0. The first-order valence-electron chi connectivity index (χ1n) is 5.61. The molecule has 0 spiro atoms. The molecule has 0 radical (unpaired) electrons. The number of ether oxygens (including phenoxy) is 1. The molecule has 0 aliphatic heterocycles. The van der Waals surface area contributed by atoms with Crippen molar-refractivity contribution in [1.82, 2.24) is 0 Å². The van der Waals surface area contributed by atoms with Crippen LogP contribution >= 0.6 is 27.5 Å². The fraction of sp³-hybridized carbons (Fsp3) is 0.143. The van der Waals surface area contributed by atoms with Gasteiger partial charge in [-0.3, -0.25) is 0 Å². The zero-order valence-corrected chi connectivity index (χ0v) is 12.6. The second-order valence-corrected chi connectivity index (χ2v) is 5.21. The summed E-state index contributed by atoms with van der Waals surface area (Å²) in [6, 6.07) is 10.4. The summed E-state index contributed by atoms with van der Waals surface area (Å²) in [7, 11) is 1.44. The lowest BCUT2D eigenvalue weighted by Crippen LogP contribution is -2.00. The van der Waals surface area contributed by atoms with Crippen LogP contribution in [0.1, 0.15) is 5.56 Å². The van der Waals surface area contributed by atoms with Crippen LogP contribution in [-0.4, -0.2) is 7.11 Å². The monoisotopic (exact) mass is 343 g/mol. The van der Waals surface area contributed by atoms with Crippen LogP contribution in [0.15, 0.2) is 40.9 Å². The Balaban J connectivity index is 2.05. The van der Waals surface area contributed by atoms with Gasteiger partial charge in [-0.2, -0.15) is 0 Å². The molecule has 2 rings (SSSR count). The predicted molar refractivity (Wildman–Crippen MR) is 79.4 cm³/mol. The van der Waals surface area contributed by atoms with Crippen LogP contribution in [0.25, 0.3) is 0 Å². The summed E-state index contributed by atoms with van der Waals surface area (Å²) in [5.41, 5.74) is 1.71. The Kier molecular flexibility index (Phi) is 4.66. The molecular weight excluding hydrogens is 333 g/mol. The molecule has 5 heteroatoms. The third kappa shape index (κ3) is 3.61. The fourth-order valence-corrected chi connectivity index (χ4v) is 2.08. The minimum absolute atomic E-state index is 0.234. The maximum Gasteiger partial charge on any atom is 0.167 e. The molecule has 0 aliphatic carbocycles. The molecule has 0 fully saturated rings. The van der Waals surface area contributed by atoms with Gasteiger partial charge in [0.2, 0.25) is 0 Å². The van der Waals surface area contributed by atoms with E-state index in [1.54, 1.807) is 12.1 Å². The van der Waals surface area contributed by atoms with E-state index in [1.807, 2.05) is 18.2 Å². The zero-order chi connectivity index (χ0) is 13.8. The summed E-state index contributed by atoms with van der Waals surface area (Å²) in [5.74, 6) is -0.154. The van der Waals surface area contributed by atoms with E-state index in [-0.39, 0.29) is 11.6 Å². The highest BCUT2D eigenvalue weighted by molar-refractivity contribution is 9.10. The van der Waals surface area contributed by atoms with Gasteiger partial charge < -0.3 is 10.1 Å². The fourth-order valence-electron chi connectivity index (χ4n) is 1.63. The molecule has 2 aromatic carbocycles. The van der Waals surface area contributed by atoms with Crippen LogP contribution < -0.4 is 10.1 Å². The summed E-state index contributed by atoms with van der Waals surface area (Å²) in [6.45, 7) is 0.568. The predicted octanol–water partition coefficient (Wildman–Crippen LogP) is 4.86. The van der Waals surface area contributed by atoms with Crippen molar-refractivity contribution < 1.29 is 9.13 Å². The molecule has 0 aromatic heterocycles. The van der Waals surface area contributed by atoms with Gasteiger partial charge in [-0.1, -0.05) is 17.7 Å².